The van der Waals surface area contributed by atoms with Crippen LogP contribution in [-0.4, -0.2) is 48.9 Å². The van der Waals surface area contributed by atoms with E-state index in [4.69, 9.17) is 5.11 Å². The largest absolute Gasteiger partial charge is 0.465 e. The fourth-order valence-corrected chi connectivity index (χ4v) is 3.43. The molecule has 6 nitrogen and oxygen atoms in total. The molecule has 1 unspecified atom stereocenters. The second-order valence-electron chi connectivity index (χ2n) is 4.36. The number of amides is 1. The third-order valence-electron chi connectivity index (χ3n) is 3.11. The molecule has 1 saturated carbocycles. The van der Waals surface area contributed by atoms with Gasteiger partial charge in [-0.2, -0.15) is 0 Å². The molecule has 1 saturated heterocycles. The zero-order chi connectivity index (χ0) is 11.8. The number of likely N-dealkylation sites (tertiary alicyclic amines) is 1. The highest BCUT2D eigenvalue weighted by Crippen LogP contribution is 2.27. The molecule has 1 amide bonds. The summed E-state index contributed by atoms with van der Waals surface area (Å²) in [7, 11) is -3.19. The lowest BCUT2D eigenvalue weighted by molar-refractivity contribution is 0.140. The van der Waals surface area contributed by atoms with Crippen molar-refractivity contribution < 1.29 is 18.3 Å². The van der Waals surface area contributed by atoms with Crippen LogP contribution in [0.3, 0.4) is 0 Å². The molecule has 7 heteroatoms. The molecular formula is C9H16N2O4S. The van der Waals surface area contributed by atoms with E-state index in [2.05, 4.69) is 4.72 Å². The minimum Gasteiger partial charge on any atom is -0.465 e. The minimum absolute atomic E-state index is 0.203. The normalized spacial score (nSPS) is 26.0. The van der Waals surface area contributed by atoms with Crippen LogP contribution in [0.1, 0.15) is 25.7 Å². The molecule has 0 radical (unpaired) electrons. The van der Waals surface area contributed by atoms with Crippen molar-refractivity contribution in [1.82, 2.24) is 9.62 Å². The van der Waals surface area contributed by atoms with Crippen molar-refractivity contribution in [2.45, 2.75) is 37.0 Å². The molecule has 1 aliphatic heterocycles. The first-order valence-corrected chi connectivity index (χ1v) is 7.03. The first-order chi connectivity index (χ1) is 7.50. The molecule has 92 valence electrons. The molecule has 2 N–H and O–H groups in total. The second-order valence-corrected chi connectivity index (χ2v) is 6.41. The molecule has 2 rings (SSSR count). The Morgan fingerprint density at radius 1 is 1.38 bits per heavy atom. The zero-order valence-corrected chi connectivity index (χ0v) is 9.74. The maximum atomic E-state index is 11.5. The molecular weight excluding hydrogens is 232 g/mol. The van der Waals surface area contributed by atoms with Crippen LogP contribution < -0.4 is 4.72 Å². The maximum absolute atomic E-state index is 11.5. The lowest BCUT2D eigenvalue weighted by atomic mass is 10.2. The summed E-state index contributed by atoms with van der Waals surface area (Å²) in [6.45, 7) is 0.719. The SMILES string of the molecule is O=C(O)N1CCCC1CNS(=O)(=O)C1CC1. The van der Waals surface area contributed by atoms with Crippen LogP contribution in [-0.2, 0) is 10.0 Å². The molecule has 2 aliphatic rings. The van der Waals surface area contributed by atoms with Crippen LogP contribution >= 0.6 is 0 Å². The lowest BCUT2D eigenvalue weighted by Crippen LogP contribution is -2.43. The molecule has 1 aliphatic carbocycles. The molecule has 16 heavy (non-hydrogen) atoms. The molecule has 1 atom stereocenters. The van der Waals surface area contributed by atoms with E-state index >= 15 is 0 Å². The summed E-state index contributed by atoms with van der Waals surface area (Å²) >= 11 is 0. The monoisotopic (exact) mass is 248 g/mol. The molecule has 2 fully saturated rings. The van der Waals surface area contributed by atoms with Gasteiger partial charge in [0.25, 0.3) is 0 Å². The third kappa shape index (κ3) is 2.46. The van der Waals surface area contributed by atoms with Crippen LogP contribution in [0.4, 0.5) is 4.79 Å². The number of hydrogen-bond donors (Lipinski definition) is 2. The number of hydrogen-bond acceptors (Lipinski definition) is 3. The van der Waals surface area contributed by atoms with Crippen molar-refractivity contribution in [3.63, 3.8) is 0 Å². The number of nitrogens with one attached hydrogen (secondary N) is 1. The fourth-order valence-electron chi connectivity index (χ4n) is 2.01. The summed E-state index contributed by atoms with van der Waals surface area (Å²) in [5.41, 5.74) is 0. The van der Waals surface area contributed by atoms with Gasteiger partial charge in [0.1, 0.15) is 0 Å². The summed E-state index contributed by atoms with van der Waals surface area (Å²) in [5, 5.41) is 8.64. The molecule has 0 aromatic carbocycles. The molecule has 1 heterocycles. The van der Waals surface area contributed by atoms with E-state index < -0.39 is 16.1 Å². The molecule has 0 aromatic rings. The predicted molar refractivity (Wildman–Crippen MR) is 57.7 cm³/mol. The van der Waals surface area contributed by atoms with Crippen molar-refractivity contribution in [2.75, 3.05) is 13.1 Å². The van der Waals surface area contributed by atoms with Gasteiger partial charge in [-0.25, -0.2) is 17.9 Å². The quantitative estimate of drug-likeness (QED) is 0.744. The standard InChI is InChI=1S/C9H16N2O4S/c12-9(13)11-5-1-2-7(11)6-10-16(14,15)8-3-4-8/h7-8,10H,1-6H2,(H,12,13). The average Bonchev–Trinajstić information content (AvgIpc) is 2.95. The third-order valence-corrected chi connectivity index (χ3v) is 5.02. The van der Waals surface area contributed by atoms with E-state index in [0.717, 1.165) is 25.7 Å². The van der Waals surface area contributed by atoms with Crippen molar-refractivity contribution in [3.05, 3.63) is 0 Å². The Bertz CT molecular complexity index is 377. The van der Waals surface area contributed by atoms with Crippen molar-refractivity contribution in [2.24, 2.45) is 0 Å². The van der Waals surface area contributed by atoms with Gasteiger partial charge in [-0.15, -0.1) is 0 Å². The Morgan fingerprint density at radius 3 is 2.62 bits per heavy atom. The van der Waals surface area contributed by atoms with Crippen LogP contribution in [0.15, 0.2) is 0 Å². The molecule has 0 spiro atoms. The number of carbonyl (C=O) groups is 1. The van der Waals surface area contributed by atoms with Gasteiger partial charge in [-0.3, -0.25) is 0 Å². The Hall–Kier alpha value is -0.820. The van der Waals surface area contributed by atoms with E-state index in [1.807, 2.05) is 0 Å². The highest BCUT2D eigenvalue weighted by molar-refractivity contribution is 7.90. The zero-order valence-electron chi connectivity index (χ0n) is 8.92. The number of nitrogens with zero attached hydrogens (tertiary/aromatic N) is 1. The Morgan fingerprint density at radius 2 is 2.06 bits per heavy atom. The van der Waals surface area contributed by atoms with E-state index in [1.54, 1.807) is 0 Å². The van der Waals surface area contributed by atoms with Gasteiger partial charge in [0.2, 0.25) is 10.0 Å². The van der Waals surface area contributed by atoms with Gasteiger partial charge in [-0.05, 0) is 25.7 Å². The van der Waals surface area contributed by atoms with Crippen LogP contribution in [0.2, 0.25) is 0 Å². The van der Waals surface area contributed by atoms with Crippen LogP contribution in [0.5, 0.6) is 0 Å². The van der Waals surface area contributed by atoms with Crippen molar-refractivity contribution >= 4 is 16.1 Å². The summed E-state index contributed by atoms with van der Waals surface area (Å²) in [6, 6.07) is -0.203. The van der Waals surface area contributed by atoms with Crippen molar-refractivity contribution in [3.8, 4) is 0 Å². The second kappa shape index (κ2) is 4.21. The van der Waals surface area contributed by atoms with Gasteiger partial charge in [0.05, 0.1) is 5.25 Å². The molecule has 0 aromatic heterocycles. The number of sulfonamides is 1. The van der Waals surface area contributed by atoms with Crippen molar-refractivity contribution in [1.29, 1.82) is 0 Å². The van der Waals surface area contributed by atoms with Gasteiger partial charge in [0.15, 0.2) is 0 Å². The summed E-state index contributed by atoms with van der Waals surface area (Å²) in [5.74, 6) is 0. The minimum atomic E-state index is -3.19. The van der Waals surface area contributed by atoms with Crippen LogP contribution in [0, 0.1) is 0 Å². The Labute approximate surface area is 94.7 Å². The van der Waals surface area contributed by atoms with E-state index in [-0.39, 0.29) is 17.8 Å². The Balaban J connectivity index is 1.87. The number of carboxylic acid groups (broad SMARTS) is 1. The maximum Gasteiger partial charge on any atom is 0.407 e. The summed E-state index contributed by atoms with van der Waals surface area (Å²) in [4.78, 5) is 12.1. The van der Waals surface area contributed by atoms with E-state index in [1.165, 1.54) is 4.90 Å². The highest BCUT2D eigenvalue weighted by atomic mass is 32.2. The van der Waals surface area contributed by atoms with Gasteiger partial charge in [-0.1, -0.05) is 0 Å². The summed E-state index contributed by atoms with van der Waals surface area (Å²) < 4.78 is 25.6. The molecule has 0 bridgehead atoms. The smallest absolute Gasteiger partial charge is 0.407 e. The fraction of sp³-hybridized carbons (Fsp3) is 0.889. The van der Waals surface area contributed by atoms with Gasteiger partial charge < -0.3 is 10.0 Å². The highest BCUT2D eigenvalue weighted by Gasteiger charge is 2.37. The summed E-state index contributed by atoms with van der Waals surface area (Å²) in [6.07, 6.45) is 2.03. The van der Waals surface area contributed by atoms with Gasteiger partial charge >= 0.3 is 6.09 Å². The van der Waals surface area contributed by atoms with Crippen LogP contribution in [0.25, 0.3) is 0 Å². The predicted octanol–water partition coefficient (Wildman–Crippen LogP) is 0.211. The first kappa shape index (κ1) is 11.7. The number of rotatable bonds is 4. The van der Waals surface area contributed by atoms with Gasteiger partial charge in [0, 0.05) is 19.1 Å². The average molecular weight is 248 g/mol. The first-order valence-electron chi connectivity index (χ1n) is 5.49. The van der Waals surface area contributed by atoms with E-state index in [9.17, 15) is 13.2 Å². The van der Waals surface area contributed by atoms with E-state index in [0.29, 0.717) is 6.54 Å². The lowest BCUT2D eigenvalue weighted by Gasteiger charge is -2.21. The topological polar surface area (TPSA) is 86.7 Å². The Kier molecular flexibility index (Phi) is 3.07.